The minimum atomic E-state index is -0.946. The van der Waals surface area contributed by atoms with Gasteiger partial charge >= 0.3 is 0 Å². The Morgan fingerprint density at radius 2 is 1.89 bits per heavy atom. The first kappa shape index (κ1) is 12.3. The molecule has 2 aliphatic rings. The molecule has 1 amide bonds. The van der Waals surface area contributed by atoms with E-state index in [1.165, 1.54) is 6.07 Å². The van der Waals surface area contributed by atoms with Crippen LogP contribution in [0.3, 0.4) is 0 Å². The van der Waals surface area contributed by atoms with E-state index in [0.29, 0.717) is 24.8 Å². The Bertz CT molecular complexity index is 558. The fourth-order valence-corrected chi connectivity index (χ4v) is 3.05. The van der Waals surface area contributed by atoms with E-state index in [0.717, 1.165) is 12.1 Å². The number of piperidine rings is 1. The standard InChI is InChI=1S/C14H13F2NO2/c15-11-3-1-8(5-12(11)16)13-7-10(18)6-9-2-4-14(19)17(9)13/h1,3,5,9,13H,2,4,6-7H2. The molecule has 0 bridgehead atoms. The third-order valence-electron chi connectivity index (χ3n) is 3.92. The Balaban J connectivity index is 1.98. The van der Waals surface area contributed by atoms with Crippen molar-refractivity contribution < 1.29 is 18.4 Å². The number of hydrogen-bond acceptors (Lipinski definition) is 2. The molecule has 2 atom stereocenters. The number of fused-ring (bicyclic) bond motifs is 1. The van der Waals surface area contributed by atoms with Crippen molar-refractivity contribution in [1.82, 2.24) is 4.90 Å². The second kappa shape index (κ2) is 4.40. The van der Waals surface area contributed by atoms with Gasteiger partial charge in [-0.05, 0) is 24.1 Å². The molecule has 3 rings (SSSR count). The molecule has 0 aromatic heterocycles. The molecular weight excluding hydrogens is 252 g/mol. The van der Waals surface area contributed by atoms with Crippen molar-refractivity contribution in [2.45, 2.75) is 37.8 Å². The molecule has 5 heteroatoms. The highest BCUT2D eigenvalue weighted by Crippen LogP contribution is 2.38. The van der Waals surface area contributed by atoms with Crippen LogP contribution in [0, 0.1) is 11.6 Å². The van der Waals surface area contributed by atoms with E-state index >= 15 is 0 Å². The summed E-state index contributed by atoms with van der Waals surface area (Å²) >= 11 is 0. The highest BCUT2D eigenvalue weighted by Gasteiger charge is 2.42. The lowest BCUT2D eigenvalue weighted by Crippen LogP contribution is -2.43. The monoisotopic (exact) mass is 265 g/mol. The van der Waals surface area contributed by atoms with Crippen LogP contribution in [0.2, 0.25) is 0 Å². The normalized spacial score (nSPS) is 26.7. The van der Waals surface area contributed by atoms with Crippen molar-refractivity contribution in [2.75, 3.05) is 0 Å². The predicted octanol–water partition coefficient (Wildman–Crippen LogP) is 2.36. The largest absolute Gasteiger partial charge is 0.332 e. The van der Waals surface area contributed by atoms with Crippen LogP contribution in [0.4, 0.5) is 8.78 Å². The average Bonchev–Trinajstić information content (AvgIpc) is 2.73. The number of ketones is 1. The smallest absolute Gasteiger partial charge is 0.223 e. The molecule has 2 fully saturated rings. The molecular formula is C14H13F2NO2. The zero-order valence-electron chi connectivity index (χ0n) is 10.2. The summed E-state index contributed by atoms with van der Waals surface area (Å²) < 4.78 is 26.3. The Kier molecular flexibility index (Phi) is 2.84. The number of carbonyl (C=O) groups excluding carboxylic acids is 2. The van der Waals surface area contributed by atoms with Crippen LogP contribution in [0.1, 0.15) is 37.3 Å². The number of carbonyl (C=O) groups is 2. The van der Waals surface area contributed by atoms with Gasteiger partial charge in [0, 0.05) is 25.3 Å². The predicted molar refractivity (Wildman–Crippen MR) is 63.2 cm³/mol. The topological polar surface area (TPSA) is 37.4 Å². The van der Waals surface area contributed by atoms with Crippen molar-refractivity contribution >= 4 is 11.7 Å². The summed E-state index contributed by atoms with van der Waals surface area (Å²) in [4.78, 5) is 25.3. The van der Waals surface area contributed by atoms with Gasteiger partial charge in [-0.2, -0.15) is 0 Å². The number of halogens is 2. The minimum absolute atomic E-state index is 0.00719. The molecule has 2 aliphatic heterocycles. The average molecular weight is 265 g/mol. The molecule has 0 radical (unpaired) electrons. The molecule has 0 spiro atoms. The molecule has 2 unspecified atom stereocenters. The van der Waals surface area contributed by atoms with E-state index in [9.17, 15) is 18.4 Å². The van der Waals surface area contributed by atoms with Gasteiger partial charge in [0.2, 0.25) is 5.91 Å². The minimum Gasteiger partial charge on any atom is -0.332 e. The second-order valence-corrected chi connectivity index (χ2v) is 5.13. The van der Waals surface area contributed by atoms with Crippen molar-refractivity contribution in [1.29, 1.82) is 0 Å². The highest BCUT2D eigenvalue weighted by atomic mass is 19.2. The van der Waals surface area contributed by atoms with E-state index < -0.39 is 17.7 Å². The van der Waals surface area contributed by atoms with Crippen LogP contribution in [0.25, 0.3) is 0 Å². The quantitative estimate of drug-likeness (QED) is 0.781. The molecule has 3 nitrogen and oxygen atoms in total. The second-order valence-electron chi connectivity index (χ2n) is 5.13. The summed E-state index contributed by atoms with van der Waals surface area (Å²) in [6.45, 7) is 0. The van der Waals surface area contributed by atoms with Gasteiger partial charge < -0.3 is 4.90 Å². The summed E-state index contributed by atoms with van der Waals surface area (Å²) in [6, 6.07) is 3.05. The number of hydrogen-bond donors (Lipinski definition) is 0. The van der Waals surface area contributed by atoms with Crippen molar-refractivity contribution in [2.24, 2.45) is 0 Å². The maximum Gasteiger partial charge on any atom is 0.223 e. The maximum atomic E-state index is 13.3. The van der Waals surface area contributed by atoms with Crippen molar-refractivity contribution in [3.63, 3.8) is 0 Å². The van der Waals surface area contributed by atoms with Crippen molar-refractivity contribution in [3.05, 3.63) is 35.4 Å². The Morgan fingerprint density at radius 1 is 1.11 bits per heavy atom. The molecule has 1 aromatic rings. The van der Waals surface area contributed by atoms with Crippen LogP contribution in [0.5, 0.6) is 0 Å². The SMILES string of the molecule is O=C1CC2CCC(=O)N2C(c2ccc(F)c(F)c2)C1. The van der Waals surface area contributed by atoms with Gasteiger partial charge in [-0.3, -0.25) is 9.59 Å². The number of rotatable bonds is 1. The van der Waals surface area contributed by atoms with Gasteiger partial charge in [0.05, 0.1) is 6.04 Å². The molecule has 1 aromatic carbocycles. The van der Waals surface area contributed by atoms with E-state index in [1.54, 1.807) is 4.90 Å². The maximum absolute atomic E-state index is 13.3. The van der Waals surface area contributed by atoms with E-state index in [1.807, 2.05) is 0 Å². The molecule has 100 valence electrons. The fourth-order valence-electron chi connectivity index (χ4n) is 3.05. The lowest BCUT2D eigenvalue weighted by molar-refractivity contribution is -0.136. The van der Waals surface area contributed by atoms with Gasteiger partial charge in [-0.25, -0.2) is 8.78 Å². The van der Waals surface area contributed by atoms with Crippen LogP contribution in [0.15, 0.2) is 18.2 Å². The first-order chi connectivity index (χ1) is 9.06. The molecule has 19 heavy (non-hydrogen) atoms. The Morgan fingerprint density at radius 3 is 2.63 bits per heavy atom. The lowest BCUT2D eigenvalue weighted by Gasteiger charge is -2.37. The number of benzene rings is 1. The highest BCUT2D eigenvalue weighted by molar-refractivity contribution is 5.87. The summed E-state index contributed by atoms with van der Waals surface area (Å²) in [6.07, 6.45) is 1.67. The molecule has 0 N–H and O–H groups in total. The van der Waals surface area contributed by atoms with Gasteiger partial charge in [-0.15, -0.1) is 0 Å². The van der Waals surface area contributed by atoms with Gasteiger partial charge in [0.25, 0.3) is 0 Å². The molecule has 0 aliphatic carbocycles. The third-order valence-corrected chi connectivity index (χ3v) is 3.92. The van der Waals surface area contributed by atoms with Crippen LogP contribution in [-0.2, 0) is 9.59 Å². The molecule has 0 saturated carbocycles. The van der Waals surface area contributed by atoms with Crippen molar-refractivity contribution in [3.8, 4) is 0 Å². The van der Waals surface area contributed by atoms with Gasteiger partial charge in [0.15, 0.2) is 11.6 Å². The van der Waals surface area contributed by atoms with Crippen LogP contribution < -0.4 is 0 Å². The summed E-state index contributed by atoms with van der Waals surface area (Å²) in [5.74, 6) is -1.80. The third kappa shape index (κ3) is 2.03. The van der Waals surface area contributed by atoms with E-state index in [2.05, 4.69) is 0 Å². The Hall–Kier alpha value is -1.78. The zero-order valence-corrected chi connectivity index (χ0v) is 10.2. The fraction of sp³-hybridized carbons (Fsp3) is 0.429. The molecule has 2 heterocycles. The summed E-state index contributed by atoms with van der Waals surface area (Å²) in [5.41, 5.74) is 0.493. The summed E-state index contributed by atoms with van der Waals surface area (Å²) in [5, 5.41) is 0. The van der Waals surface area contributed by atoms with E-state index in [-0.39, 0.29) is 24.2 Å². The Labute approximate surface area is 109 Å². The summed E-state index contributed by atoms with van der Waals surface area (Å²) in [7, 11) is 0. The molecule has 2 saturated heterocycles. The number of Topliss-reactive ketones (excluding diaryl/α,β-unsaturated/α-hetero) is 1. The van der Waals surface area contributed by atoms with Crippen LogP contribution in [-0.4, -0.2) is 22.6 Å². The lowest BCUT2D eigenvalue weighted by atomic mass is 9.91. The number of amides is 1. The van der Waals surface area contributed by atoms with Gasteiger partial charge in [-0.1, -0.05) is 6.07 Å². The van der Waals surface area contributed by atoms with E-state index in [4.69, 9.17) is 0 Å². The van der Waals surface area contributed by atoms with Gasteiger partial charge in [0.1, 0.15) is 5.78 Å². The number of nitrogens with zero attached hydrogens (tertiary/aromatic N) is 1. The zero-order chi connectivity index (χ0) is 13.6. The first-order valence-electron chi connectivity index (χ1n) is 6.34. The first-order valence-corrected chi connectivity index (χ1v) is 6.34. The van der Waals surface area contributed by atoms with Crippen LogP contribution >= 0.6 is 0 Å².